The molecule has 144 valence electrons. The number of nitrogens with zero attached hydrogens (tertiary/aromatic N) is 6. The molecule has 4 rings (SSSR count). The maximum Gasteiger partial charge on any atom is 0.227 e. The number of anilines is 2. The lowest BCUT2D eigenvalue weighted by molar-refractivity contribution is -0.120. The average Bonchev–Trinajstić information content (AvgIpc) is 3.26. The van der Waals surface area contributed by atoms with Crippen molar-refractivity contribution in [1.29, 1.82) is 0 Å². The lowest BCUT2D eigenvalue weighted by Crippen LogP contribution is -2.38. The molecule has 0 bridgehead atoms. The summed E-state index contributed by atoms with van der Waals surface area (Å²) in [4.78, 5) is 27.3. The van der Waals surface area contributed by atoms with Crippen molar-refractivity contribution in [1.82, 2.24) is 24.7 Å². The van der Waals surface area contributed by atoms with E-state index >= 15 is 0 Å². The van der Waals surface area contributed by atoms with Crippen molar-refractivity contribution in [2.24, 2.45) is 5.92 Å². The smallest absolute Gasteiger partial charge is 0.227 e. The Balaban J connectivity index is 1.37. The van der Waals surface area contributed by atoms with Crippen LogP contribution in [0.25, 0.3) is 5.82 Å². The summed E-state index contributed by atoms with van der Waals surface area (Å²) in [7, 11) is 0. The Bertz CT molecular complexity index is 968. The topological polar surface area (TPSA) is 88.8 Å². The Labute approximate surface area is 167 Å². The third-order valence-corrected chi connectivity index (χ3v) is 5.33. The van der Waals surface area contributed by atoms with Gasteiger partial charge in [0.25, 0.3) is 0 Å². The van der Waals surface area contributed by atoms with Crippen molar-refractivity contribution in [2.75, 3.05) is 23.3 Å². The number of aromatic nitrogens is 5. The molecule has 1 amide bonds. The highest BCUT2D eigenvalue weighted by molar-refractivity contribution is 6.31. The zero-order chi connectivity index (χ0) is 19.5. The first-order chi connectivity index (χ1) is 13.6. The van der Waals surface area contributed by atoms with Crippen molar-refractivity contribution in [3.63, 3.8) is 0 Å². The van der Waals surface area contributed by atoms with E-state index in [9.17, 15) is 4.79 Å². The van der Waals surface area contributed by atoms with Crippen LogP contribution in [0.2, 0.25) is 5.02 Å². The molecule has 0 unspecified atom stereocenters. The fourth-order valence-electron chi connectivity index (χ4n) is 3.25. The Kier molecular flexibility index (Phi) is 5.21. The molecule has 3 aromatic rings. The number of benzene rings is 1. The molecule has 0 spiro atoms. The van der Waals surface area contributed by atoms with Gasteiger partial charge in [-0.3, -0.25) is 4.79 Å². The molecule has 9 heteroatoms. The van der Waals surface area contributed by atoms with Gasteiger partial charge in [0.2, 0.25) is 5.91 Å². The SMILES string of the molecule is Cc1ccc(NC(=O)C2CCN(c3cc(-n4cncn4)ncn3)CC2)cc1Cl. The highest BCUT2D eigenvalue weighted by Gasteiger charge is 2.26. The first-order valence-electron chi connectivity index (χ1n) is 9.09. The van der Waals surface area contributed by atoms with E-state index in [1.54, 1.807) is 17.1 Å². The van der Waals surface area contributed by atoms with Gasteiger partial charge in [-0.25, -0.2) is 19.6 Å². The summed E-state index contributed by atoms with van der Waals surface area (Å²) in [5, 5.41) is 7.72. The zero-order valence-electron chi connectivity index (χ0n) is 15.4. The van der Waals surface area contributed by atoms with Crippen LogP contribution in [0, 0.1) is 12.8 Å². The number of nitrogens with one attached hydrogen (secondary N) is 1. The van der Waals surface area contributed by atoms with Gasteiger partial charge in [-0.15, -0.1) is 0 Å². The summed E-state index contributed by atoms with van der Waals surface area (Å²) in [6, 6.07) is 7.45. The van der Waals surface area contributed by atoms with Crippen molar-refractivity contribution >= 4 is 29.0 Å². The van der Waals surface area contributed by atoms with E-state index in [0.717, 1.165) is 43.0 Å². The van der Waals surface area contributed by atoms with Gasteiger partial charge in [0.1, 0.15) is 24.8 Å². The minimum Gasteiger partial charge on any atom is -0.356 e. The molecule has 1 N–H and O–H groups in total. The molecule has 3 heterocycles. The van der Waals surface area contributed by atoms with Crippen LogP contribution >= 0.6 is 11.6 Å². The van der Waals surface area contributed by atoms with Crippen LogP contribution in [-0.4, -0.2) is 43.7 Å². The molecule has 0 aliphatic carbocycles. The highest BCUT2D eigenvalue weighted by Crippen LogP contribution is 2.25. The van der Waals surface area contributed by atoms with E-state index < -0.39 is 0 Å². The second-order valence-corrected chi connectivity index (χ2v) is 7.20. The van der Waals surface area contributed by atoms with Gasteiger partial charge in [-0.05, 0) is 37.5 Å². The summed E-state index contributed by atoms with van der Waals surface area (Å²) in [5.74, 6) is 1.49. The normalized spacial score (nSPS) is 14.9. The number of aryl methyl sites for hydroxylation is 1. The van der Waals surface area contributed by atoms with Crippen molar-refractivity contribution in [3.05, 3.63) is 53.8 Å². The van der Waals surface area contributed by atoms with Gasteiger partial charge < -0.3 is 10.2 Å². The maximum absolute atomic E-state index is 12.6. The van der Waals surface area contributed by atoms with E-state index in [0.29, 0.717) is 10.8 Å². The summed E-state index contributed by atoms with van der Waals surface area (Å²) in [6.45, 7) is 3.44. The van der Waals surface area contributed by atoms with E-state index in [4.69, 9.17) is 11.6 Å². The standard InChI is InChI=1S/C19H20ClN7O/c1-13-2-3-15(8-16(13)20)25-19(28)14-4-6-26(7-5-14)17-9-18(23-11-22-17)27-12-21-10-24-27/h2-3,8-12,14H,4-7H2,1H3,(H,25,28). The zero-order valence-corrected chi connectivity index (χ0v) is 16.2. The highest BCUT2D eigenvalue weighted by atomic mass is 35.5. The van der Waals surface area contributed by atoms with Gasteiger partial charge in [0.05, 0.1) is 0 Å². The Hall–Kier alpha value is -3.00. The summed E-state index contributed by atoms with van der Waals surface area (Å²) in [6.07, 6.45) is 6.10. The molecular formula is C19H20ClN7O. The quantitative estimate of drug-likeness (QED) is 0.728. The van der Waals surface area contributed by atoms with Gasteiger partial charge in [0.15, 0.2) is 5.82 Å². The molecule has 1 aliphatic heterocycles. The second kappa shape index (κ2) is 7.93. The third kappa shape index (κ3) is 3.96. The van der Waals surface area contributed by atoms with Gasteiger partial charge >= 0.3 is 0 Å². The Morgan fingerprint density at radius 3 is 2.64 bits per heavy atom. The van der Waals surface area contributed by atoms with Gasteiger partial charge in [0, 0.05) is 35.8 Å². The fraction of sp³-hybridized carbons (Fsp3) is 0.316. The second-order valence-electron chi connectivity index (χ2n) is 6.79. The molecule has 1 fully saturated rings. The molecular weight excluding hydrogens is 378 g/mol. The first-order valence-corrected chi connectivity index (χ1v) is 9.47. The van der Waals surface area contributed by atoms with Crippen LogP contribution < -0.4 is 10.2 Å². The number of rotatable bonds is 4. The Morgan fingerprint density at radius 2 is 1.93 bits per heavy atom. The minimum absolute atomic E-state index is 0.0329. The van der Waals surface area contributed by atoms with E-state index in [1.807, 2.05) is 25.1 Å². The first kappa shape index (κ1) is 18.4. The molecule has 1 saturated heterocycles. The fourth-order valence-corrected chi connectivity index (χ4v) is 3.43. The lowest BCUT2D eigenvalue weighted by Gasteiger charge is -2.32. The van der Waals surface area contributed by atoms with Crippen molar-refractivity contribution in [2.45, 2.75) is 19.8 Å². The van der Waals surface area contributed by atoms with Gasteiger partial charge in [-0.1, -0.05) is 17.7 Å². The molecule has 2 aromatic heterocycles. The van der Waals surface area contributed by atoms with Crippen LogP contribution in [0.4, 0.5) is 11.5 Å². The third-order valence-electron chi connectivity index (χ3n) is 4.92. The molecule has 8 nitrogen and oxygen atoms in total. The van der Waals surface area contributed by atoms with Crippen molar-refractivity contribution in [3.8, 4) is 5.82 Å². The largest absolute Gasteiger partial charge is 0.356 e. The summed E-state index contributed by atoms with van der Waals surface area (Å²) < 4.78 is 1.60. The van der Waals surface area contributed by atoms with E-state index in [-0.39, 0.29) is 11.8 Å². The molecule has 1 aromatic carbocycles. The van der Waals surface area contributed by atoms with E-state index in [1.165, 1.54) is 12.7 Å². The number of carbonyl (C=O) groups excluding carboxylic acids is 1. The maximum atomic E-state index is 12.6. The number of piperidine rings is 1. The monoisotopic (exact) mass is 397 g/mol. The number of hydrogen-bond donors (Lipinski definition) is 1. The van der Waals surface area contributed by atoms with Crippen molar-refractivity contribution < 1.29 is 4.79 Å². The van der Waals surface area contributed by atoms with Crippen LogP contribution in [0.15, 0.2) is 43.2 Å². The average molecular weight is 398 g/mol. The van der Waals surface area contributed by atoms with E-state index in [2.05, 4.69) is 30.3 Å². The molecule has 28 heavy (non-hydrogen) atoms. The van der Waals surface area contributed by atoms with Crippen LogP contribution in [0.5, 0.6) is 0 Å². The Morgan fingerprint density at radius 1 is 1.14 bits per heavy atom. The number of amides is 1. The minimum atomic E-state index is -0.0343. The summed E-state index contributed by atoms with van der Waals surface area (Å²) in [5.41, 5.74) is 1.72. The number of halogens is 1. The predicted molar refractivity (Wildman–Crippen MR) is 107 cm³/mol. The molecule has 0 atom stereocenters. The molecule has 0 radical (unpaired) electrons. The summed E-state index contributed by atoms with van der Waals surface area (Å²) >= 11 is 6.14. The lowest BCUT2D eigenvalue weighted by atomic mass is 9.95. The van der Waals surface area contributed by atoms with Crippen LogP contribution in [0.3, 0.4) is 0 Å². The van der Waals surface area contributed by atoms with Gasteiger partial charge in [-0.2, -0.15) is 5.10 Å². The molecule has 1 aliphatic rings. The van der Waals surface area contributed by atoms with Crippen LogP contribution in [0.1, 0.15) is 18.4 Å². The number of hydrogen-bond acceptors (Lipinski definition) is 6. The number of carbonyl (C=O) groups is 1. The van der Waals surface area contributed by atoms with Crippen LogP contribution in [-0.2, 0) is 4.79 Å². The predicted octanol–water partition coefficient (Wildman–Crippen LogP) is 2.87. The molecule has 0 saturated carbocycles.